The van der Waals surface area contributed by atoms with E-state index in [4.69, 9.17) is 4.84 Å². The van der Waals surface area contributed by atoms with Crippen molar-refractivity contribution in [2.75, 3.05) is 16.2 Å². The molecule has 0 aliphatic carbocycles. The van der Waals surface area contributed by atoms with Crippen molar-refractivity contribution in [3.05, 3.63) is 94.5 Å². The van der Waals surface area contributed by atoms with E-state index in [1.54, 1.807) is 16.8 Å². The number of thioether (sulfide) groups is 1. The Morgan fingerprint density at radius 3 is 2.15 bits per heavy atom. The minimum Gasteiger partial charge on any atom is -0.273 e. The number of carbonyl (C=O) groups is 2. The Kier molecular flexibility index (Phi) is 5.35. The van der Waals surface area contributed by atoms with Crippen molar-refractivity contribution in [1.29, 1.82) is 0 Å². The molecule has 0 bridgehead atoms. The van der Waals surface area contributed by atoms with Crippen molar-refractivity contribution in [3.8, 4) is 0 Å². The van der Waals surface area contributed by atoms with E-state index in [9.17, 15) is 19.7 Å². The number of benzene rings is 3. The zero-order valence-corrected chi connectivity index (χ0v) is 18.3. The van der Waals surface area contributed by atoms with E-state index in [-0.39, 0.29) is 11.4 Å². The highest BCUT2D eigenvalue weighted by atomic mass is 32.2. The molecule has 3 atom stereocenters. The van der Waals surface area contributed by atoms with Gasteiger partial charge >= 0.3 is 0 Å². The fourth-order valence-corrected chi connectivity index (χ4v) is 4.74. The number of non-ortho nitro benzene ring substituents is 1. The molecule has 0 N–H and O–H groups in total. The Labute approximate surface area is 193 Å². The molecule has 33 heavy (non-hydrogen) atoms. The van der Waals surface area contributed by atoms with Crippen LogP contribution in [0, 0.1) is 16.0 Å². The van der Waals surface area contributed by atoms with Crippen LogP contribution in [0.1, 0.15) is 11.6 Å². The van der Waals surface area contributed by atoms with Gasteiger partial charge in [-0.3, -0.25) is 24.5 Å². The van der Waals surface area contributed by atoms with Crippen LogP contribution >= 0.6 is 11.8 Å². The summed E-state index contributed by atoms with van der Waals surface area (Å²) < 4.78 is 0. The number of anilines is 2. The molecule has 2 saturated heterocycles. The van der Waals surface area contributed by atoms with E-state index >= 15 is 0 Å². The monoisotopic (exact) mass is 461 g/mol. The lowest BCUT2D eigenvalue weighted by atomic mass is 9.90. The second-order valence-corrected chi connectivity index (χ2v) is 8.60. The number of nitro groups is 1. The number of para-hydroxylation sites is 1. The standard InChI is InChI=1S/C24H19N3O5S/c1-33-19-13-7-15(8-14-19)21-20-22(32-26(21)17-5-3-2-4-6-17)24(29)25(23(20)28)16-9-11-18(12-10-16)27(30)31/h2-14,20-22H,1H3/t20-,21-,22-/m1/s1. The number of hydroxylamine groups is 1. The molecular weight excluding hydrogens is 442 g/mol. The number of hydrogen-bond acceptors (Lipinski definition) is 7. The average Bonchev–Trinajstić information content (AvgIpc) is 3.35. The molecule has 8 nitrogen and oxygen atoms in total. The molecule has 3 aromatic carbocycles. The maximum absolute atomic E-state index is 13.6. The molecule has 0 saturated carbocycles. The highest BCUT2D eigenvalue weighted by Crippen LogP contribution is 2.47. The molecule has 2 aliphatic rings. The van der Waals surface area contributed by atoms with Crippen LogP contribution in [0.4, 0.5) is 17.1 Å². The van der Waals surface area contributed by atoms with Crippen molar-refractivity contribution < 1.29 is 19.3 Å². The van der Waals surface area contributed by atoms with Crippen molar-refractivity contribution >= 4 is 40.6 Å². The van der Waals surface area contributed by atoms with Crippen molar-refractivity contribution in [2.45, 2.75) is 17.0 Å². The van der Waals surface area contributed by atoms with E-state index in [2.05, 4.69) is 0 Å². The van der Waals surface area contributed by atoms with Crippen molar-refractivity contribution in [1.82, 2.24) is 0 Å². The molecule has 2 fully saturated rings. The van der Waals surface area contributed by atoms with Crippen LogP contribution in [0.5, 0.6) is 0 Å². The third kappa shape index (κ3) is 3.55. The molecule has 2 amide bonds. The third-order valence-corrected chi connectivity index (χ3v) is 6.65. The molecule has 2 heterocycles. The maximum atomic E-state index is 13.6. The van der Waals surface area contributed by atoms with Gasteiger partial charge in [0, 0.05) is 17.0 Å². The first-order valence-corrected chi connectivity index (χ1v) is 11.5. The van der Waals surface area contributed by atoms with Gasteiger partial charge in [-0.05, 0) is 48.2 Å². The van der Waals surface area contributed by atoms with Gasteiger partial charge in [0.25, 0.3) is 11.6 Å². The number of imide groups is 1. The zero-order chi connectivity index (χ0) is 23.1. The molecule has 9 heteroatoms. The van der Waals surface area contributed by atoms with Crippen LogP contribution in [0.2, 0.25) is 0 Å². The summed E-state index contributed by atoms with van der Waals surface area (Å²) in [7, 11) is 0. The lowest BCUT2D eigenvalue weighted by Crippen LogP contribution is -2.37. The number of hydrogen-bond donors (Lipinski definition) is 0. The average molecular weight is 461 g/mol. The van der Waals surface area contributed by atoms with Crippen molar-refractivity contribution in [3.63, 3.8) is 0 Å². The molecule has 0 aromatic heterocycles. The summed E-state index contributed by atoms with van der Waals surface area (Å²) >= 11 is 1.62. The van der Waals surface area contributed by atoms with Crippen LogP contribution in [0.3, 0.4) is 0 Å². The van der Waals surface area contributed by atoms with E-state index < -0.39 is 34.8 Å². The first kappa shape index (κ1) is 21.2. The van der Waals surface area contributed by atoms with Crippen LogP contribution in [0.15, 0.2) is 83.8 Å². The van der Waals surface area contributed by atoms with E-state index in [1.165, 1.54) is 24.3 Å². The first-order chi connectivity index (χ1) is 16.0. The smallest absolute Gasteiger partial charge is 0.269 e. The number of nitrogens with zero attached hydrogens (tertiary/aromatic N) is 3. The quantitative estimate of drug-likeness (QED) is 0.241. The number of nitro benzene ring substituents is 1. The molecule has 0 spiro atoms. The highest BCUT2D eigenvalue weighted by Gasteiger charge is 2.60. The number of fused-ring (bicyclic) bond motifs is 1. The molecule has 5 rings (SSSR count). The Morgan fingerprint density at radius 1 is 0.879 bits per heavy atom. The van der Waals surface area contributed by atoms with Gasteiger partial charge in [0.15, 0.2) is 6.10 Å². The normalized spacial score (nSPS) is 22.0. The van der Waals surface area contributed by atoms with Crippen LogP contribution in [-0.4, -0.2) is 29.1 Å². The van der Waals surface area contributed by atoms with Gasteiger partial charge < -0.3 is 0 Å². The molecule has 166 valence electrons. The SMILES string of the molecule is CSc1ccc([C@@H]2[C@H]3C(=O)N(c4ccc([N+](=O)[O-])cc4)C(=O)[C@@H]3ON2c2ccccc2)cc1. The largest absolute Gasteiger partial charge is 0.273 e. The maximum Gasteiger partial charge on any atom is 0.269 e. The van der Waals surface area contributed by atoms with Crippen LogP contribution in [-0.2, 0) is 14.4 Å². The van der Waals surface area contributed by atoms with Gasteiger partial charge in [-0.15, -0.1) is 11.8 Å². The Balaban J connectivity index is 1.54. The lowest BCUT2D eigenvalue weighted by molar-refractivity contribution is -0.384. The summed E-state index contributed by atoms with van der Waals surface area (Å²) in [5.41, 5.74) is 1.77. The number of rotatable bonds is 5. The highest BCUT2D eigenvalue weighted by molar-refractivity contribution is 7.98. The van der Waals surface area contributed by atoms with Gasteiger partial charge in [0.05, 0.1) is 22.3 Å². The molecule has 0 unspecified atom stereocenters. The summed E-state index contributed by atoms with van der Waals surface area (Å²) in [5, 5.41) is 12.6. The predicted molar refractivity (Wildman–Crippen MR) is 124 cm³/mol. The Hall–Kier alpha value is -3.69. The summed E-state index contributed by atoms with van der Waals surface area (Å²) in [4.78, 5) is 45.5. The summed E-state index contributed by atoms with van der Waals surface area (Å²) in [6, 6.07) is 22.1. The van der Waals surface area contributed by atoms with E-state index in [1.807, 2.05) is 60.9 Å². The van der Waals surface area contributed by atoms with Gasteiger partial charge in [-0.2, -0.15) is 0 Å². The molecule has 3 aromatic rings. The Bertz CT molecular complexity index is 1220. The van der Waals surface area contributed by atoms with Gasteiger partial charge in [0.1, 0.15) is 5.92 Å². The Morgan fingerprint density at radius 2 is 1.55 bits per heavy atom. The van der Waals surface area contributed by atoms with Gasteiger partial charge in [-0.1, -0.05) is 30.3 Å². The zero-order valence-electron chi connectivity index (χ0n) is 17.5. The summed E-state index contributed by atoms with van der Waals surface area (Å²) in [6.45, 7) is 0. The fourth-order valence-electron chi connectivity index (χ4n) is 4.33. The lowest BCUT2D eigenvalue weighted by Gasteiger charge is -2.28. The predicted octanol–water partition coefficient (Wildman–Crippen LogP) is 4.37. The second-order valence-electron chi connectivity index (χ2n) is 7.72. The van der Waals surface area contributed by atoms with Crippen LogP contribution in [0.25, 0.3) is 0 Å². The van der Waals surface area contributed by atoms with E-state index in [0.29, 0.717) is 0 Å². The third-order valence-electron chi connectivity index (χ3n) is 5.90. The minimum absolute atomic E-state index is 0.115. The first-order valence-electron chi connectivity index (χ1n) is 10.3. The number of carbonyl (C=O) groups excluding carboxylic acids is 2. The molecular formula is C24H19N3O5S. The second kappa shape index (κ2) is 8.34. The molecule has 2 aliphatic heterocycles. The molecule has 0 radical (unpaired) electrons. The topological polar surface area (TPSA) is 93.0 Å². The summed E-state index contributed by atoms with van der Waals surface area (Å²) in [5.74, 6) is -1.63. The summed E-state index contributed by atoms with van der Waals surface area (Å²) in [6.07, 6.45) is 0.999. The fraction of sp³-hybridized carbons (Fsp3) is 0.167. The van der Waals surface area contributed by atoms with Crippen LogP contribution < -0.4 is 9.96 Å². The van der Waals surface area contributed by atoms with Gasteiger partial charge in [0.2, 0.25) is 5.91 Å². The van der Waals surface area contributed by atoms with Crippen molar-refractivity contribution in [2.24, 2.45) is 5.92 Å². The minimum atomic E-state index is -0.988. The van der Waals surface area contributed by atoms with Gasteiger partial charge in [-0.25, -0.2) is 9.96 Å². The van der Waals surface area contributed by atoms with E-state index in [0.717, 1.165) is 21.0 Å². The number of amides is 2.